The first-order valence-corrected chi connectivity index (χ1v) is 7.60. The zero-order chi connectivity index (χ0) is 11.1. The molecule has 0 atom stereocenters. The van der Waals surface area contributed by atoms with Crippen LogP contribution in [0.3, 0.4) is 0 Å². The molecule has 3 heteroatoms. The summed E-state index contributed by atoms with van der Waals surface area (Å²) in [5.74, 6) is 4.42. The van der Waals surface area contributed by atoms with Crippen LogP contribution in [0.2, 0.25) is 0 Å². The number of rotatable bonds is 8. The molecule has 0 heterocycles. The Morgan fingerprint density at radius 1 is 1.29 bits per heavy atom. The van der Waals surface area contributed by atoms with Crippen molar-refractivity contribution in [3.05, 3.63) is 12.0 Å². The molecule has 0 saturated heterocycles. The van der Waals surface area contributed by atoms with Gasteiger partial charge < -0.3 is 4.55 Å². The van der Waals surface area contributed by atoms with Gasteiger partial charge in [0.2, 0.25) is 0 Å². The van der Waals surface area contributed by atoms with Gasteiger partial charge in [0.25, 0.3) is 0 Å². The van der Waals surface area contributed by atoms with Crippen molar-refractivity contribution in [2.24, 2.45) is 0 Å². The summed E-state index contributed by atoms with van der Waals surface area (Å²) in [6.45, 7) is 8.37. The lowest BCUT2D eigenvalue weighted by molar-refractivity contribution is 0.307. The van der Waals surface area contributed by atoms with E-state index in [0.717, 1.165) is 25.7 Å². The van der Waals surface area contributed by atoms with Gasteiger partial charge in [0.05, 0.1) is 6.61 Å². The van der Waals surface area contributed by atoms with Crippen LogP contribution in [0.1, 0.15) is 39.5 Å². The third-order valence-corrected chi connectivity index (χ3v) is 4.92. The molecule has 0 bridgehead atoms. The molecule has 0 spiro atoms. The fourth-order valence-corrected chi connectivity index (χ4v) is 3.02. The Bertz CT molecular complexity index is 235. The first-order valence-electron chi connectivity index (χ1n) is 5.27. The lowest BCUT2D eigenvalue weighted by Crippen LogP contribution is -2.13. The lowest BCUT2D eigenvalue weighted by Gasteiger charge is -2.45. The number of unbranched alkanes of at least 4 members (excludes halogenated alkanes) is 2. The van der Waals surface area contributed by atoms with Gasteiger partial charge in [0.15, 0.2) is 0 Å². The van der Waals surface area contributed by atoms with Crippen molar-refractivity contribution in [1.29, 1.82) is 0 Å². The van der Waals surface area contributed by atoms with Gasteiger partial charge >= 0.3 is 0 Å². The fraction of sp³-hybridized carbons (Fsp3) is 0.727. The topological polar surface area (TPSA) is 29.5 Å². The molecule has 0 aromatic heterocycles. The third kappa shape index (κ3) is 4.94. The molecule has 0 unspecified atom stereocenters. The Morgan fingerprint density at radius 3 is 2.36 bits per heavy atom. The zero-order valence-corrected chi connectivity index (χ0v) is 10.3. The standard InChI is InChI=1S/C11H24O2S/c1-5-8-9-10-13-14(4,12,7-3)11-6-2/h7,12H,3-6,8-11H2,1-2H3. The molecule has 0 saturated carbocycles. The Hall–Kier alpha value is -0.120. The molecule has 0 amide bonds. The molecule has 14 heavy (non-hydrogen) atoms. The molecule has 0 rings (SSSR count). The largest absolute Gasteiger partial charge is 0.307 e. The van der Waals surface area contributed by atoms with E-state index in [1.165, 1.54) is 5.41 Å². The van der Waals surface area contributed by atoms with E-state index >= 15 is 0 Å². The summed E-state index contributed by atoms with van der Waals surface area (Å²) < 4.78 is 15.8. The summed E-state index contributed by atoms with van der Waals surface area (Å²) in [4.78, 5) is 0. The highest BCUT2D eigenvalue weighted by Gasteiger charge is 2.16. The Labute approximate surface area is 88.3 Å². The van der Waals surface area contributed by atoms with Crippen LogP contribution >= 0.6 is 9.31 Å². The second-order valence-electron chi connectivity index (χ2n) is 3.71. The molecule has 0 aromatic carbocycles. The zero-order valence-electron chi connectivity index (χ0n) is 9.50. The SMILES string of the molecule is C=CS(=C)(O)(CCC)OCCCCC. The van der Waals surface area contributed by atoms with E-state index in [9.17, 15) is 4.55 Å². The highest BCUT2D eigenvalue weighted by atomic mass is 32.3. The van der Waals surface area contributed by atoms with Crippen LogP contribution in [0.15, 0.2) is 12.0 Å². The highest BCUT2D eigenvalue weighted by Crippen LogP contribution is 2.55. The predicted octanol–water partition coefficient (Wildman–Crippen LogP) is 3.91. The Morgan fingerprint density at radius 2 is 1.93 bits per heavy atom. The van der Waals surface area contributed by atoms with Crippen molar-refractivity contribution in [1.82, 2.24) is 0 Å². The lowest BCUT2D eigenvalue weighted by atomic mass is 10.3. The normalized spacial score (nSPS) is 14.6. The Balaban J connectivity index is 4.12. The van der Waals surface area contributed by atoms with E-state index in [4.69, 9.17) is 4.18 Å². The van der Waals surface area contributed by atoms with Crippen LogP contribution < -0.4 is 0 Å². The molecule has 0 fully saturated rings. The molecule has 2 nitrogen and oxygen atoms in total. The molecular weight excluding hydrogens is 196 g/mol. The quantitative estimate of drug-likeness (QED) is 0.496. The van der Waals surface area contributed by atoms with E-state index in [1.54, 1.807) is 0 Å². The molecule has 1 N–H and O–H groups in total. The monoisotopic (exact) mass is 220 g/mol. The maximum Gasteiger partial charge on any atom is 0.0704 e. The van der Waals surface area contributed by atoms with Gasteiger partial charge in [-0.25, -0.2) is 9.31 Å². The molecule has 0 radical (unpaired) electrons. The van der Waals surface area contributed by atoms with E-state index in [2.05, 4.69) is 19.4 Å². The van der Waals surface area contributed by atoms with Crippen molar-refractivity contribution >= 4 is 15.2 Å². The van der Waals surface area contributed by atoms with E-state index < -0.39 is 9.31 Å². The molecule has 0 aromatic rings. The van der Waals surface area contributed by atoms with Crippen LogP contribution in [-0.2, 0) is 4.18 Å². The summed E-state index contributed by atoms with van der Waals surface area (Å²) >= 11 is 0. The predicted molar refractivity (Wildman–Crippen MR) is 68.2 cm³/mol. The minimum atomic E-state index is -2.98. The molecule has 86 valence electrons. The van der Waals surface area contributed by atoms with Gasteiger partial charge in [0.1, 0.15) is 0 Å². The fourth-order valence-electron chi connectivity index (χ4n) is 1.24. The minimum absolute atomic E-state index is 0.585. The smallest absolute Gasteiger partial charge is 0.0704 e. The average Bonchev–Trinajstić information content (AvgIpc) is 2.14. The summed E-state index contributed by atoms with van der Waals surface area (Å²) in [5, 5.41) is 1.51. The second-order valence-corrected chi connectivity index (χ2v) is 7.30. The maximum atomic E-state index is 10.2. The van der Waals surface area contributed by atoms with Gasteiger partial charge in [0, 0.05) is 11.2 Å². The number of hydrogen-bond donors (Lipinski definition) is 1. The van der Waals surface area contributed by atoms with Gasteiger partial charge in [-0.3, -0.25) is 4.18 Å². The molecular formula is C11H24O2S. The van der Waals surface area contributed by atoms with E-state index in [0.29, 0.717) is 12.4 Å². The van der Waals surface area contributed by atoms with Crippen molar-refractivity contribution < 1.29 is 8.74 Å². The van der Waals surface area contributed by atoms with Crippen LogP contribution in [0.5, 0.6) is 0 Å². The molecule has 0 aliphatic carbocycles. The van der Waals surface area contributed by atoms with Crippen LogP contribution in [0.4, 0.5) is 0 Å². The minimum Gasteiger partial charge on any atom is -0.307 e. The third-order valence-electron chi connectivity index (χ3n) is 2.14. The van der Waals surface area contributed by atoms with E-state index in [-0.39, 0.29) is 0 Å². The first kappa shape index (κ1) is 13.9. The first-order chi connectivity index (χ1) is 6.46. The van der Waals surface area contributed by atoms with Crippen molar-refractivity contribution in [3.8, 4) is 0 Å². The second kappa shape index (κ2) is 5.69. The van der Waals surface area contributed by atoms with E-state index in [1.807, 2.05) is 6.92 Å². The van der Waals surface area contributed by atoms with Crippen molar-refractivity contribution in [2.75, 3.05) is 12.4 Å². The highest BCUT2D eigenvalue weighted by molar-refractivity contribution is 8.40. The van der Waals surface area contributed by atoms with Gasteiger partial charge in [-0.05, 0) is 18.7 Å². The summed E-state index contributed by atoms with van der Waals surface area (Å²) in [5.41, 5.74) is 0. The molecule has 0 aliphatic heterocycles. The molecule has 0 aliphatic rings. The maximum absolute atomic E-state index is 10.2. The Kier molecular flexibility index (Phi) is 5.64. The van der Waals surface area contributed by atoms with Crippen molar-refractivity contribution in [2.45, 2.75) is 39.5 Å². The van der Waals surface area contributed by atoms with Gasteiger partial charge in [-0.1, -0.05) is 33.3 Å². The van der Waals surface area contributed by atoms with Gasteiger partial charge in [-0.2, -0.15) is 0 Å². The van der Waals surface area contributed by atoms with Gasteiger partial charge in [-0.15, -0.1) is 0 Å². The van der Waals surface area contributed by atoms with Crippen molar-refractivity contribution in [3.63, 3.8) is 0 Å². The summed E-state index contributed by atoms with van der Waals surface area (Å²) in [7, 11) is -2.98. The van der Waals surface area contributed by atoms with Crippen LogP contribution in [0.25, 0.3) is 0 Å². The van der Waals surface area contributed by atoms with Crippen LogP contribution in [0, 0.1) is 0 Å². The van der Waals surface area contributed by atoms with Crippen LogP contribution in [-0.4, -0.2) is 22.8 Å². The number of hydrogen-bond acceptors (Lipinski definition) is 2. The summed E-state index contributed by atoms with van der Waals surface area (Å²) in [6, 6.07) is 0. The summed E-state index contributed by atoms with van der Waals surface area (Å²) in [6.07, 6.45) is 4.13. The average molecular weight is 220 g/mol.